The number of rotatable bonds is 4. The van der Waals surface area contributed by atoms with Crippen molar-refractivity contribution in [3.63, 3.8) is 0 Å². The number of hydrogen-bond acceptors (Lipinski definition) is 3. The Labute approximate surface area is 104 Å². The Morgan fingerprint density at radius 2 is 1.94 bits per heavy atom. The second-order valence-electron chi connectivity index (χ2n) is 5.40. The summed E-state index contributed by atoms with van der Waals surface area (Å²) >= 11 is 0. The Morgan fingerprint density at radius 3 is 2.47 bits per heavy atom. The maximum atomic E-state index is 10.3. The average molecular weight is 237 g/mol. The number of aliphatic hydroxyl groups is 1. The van der Waals surface area contributed by atoms with E-state index in [-0.39, 0.29) is 11.6 Å². The molecule has 0 bridgehead atoms. The summed E-state index contributed by atoms with van der Waals surface area (Å²) in [4.78, 5) is 0. The van der Waals surface area contributed by atoms with Crippen LogP contribution in [0.25, 0.3) is 0 Å². The normalized spacial score (nSPS) is 15.4. The number of ether oxygens (including phenoxy) is 1. The van der Waals surface area contributed by atoms with Crippen LogP contribution in [0.2, 0.25) is 0 Å². The van der Waals surface area contributed by atoms with Crippen molar-refractivity contribution < 1.29 is 9.84 Å². The quantitative estimate of drug-likeness (QED) is 0.845. The Balaban J connectivity index is 2.77. The van der Waals surface area contributed by atoms with Gasteiger partial charge in [0.25, 0.3) is 0 Å². The van der Waals surface area contributed by atoms with Gasteiger partial charge in [-0.2, -0.15) is 0 Å². The van der Waals surface area contributed by atoms with E-state index < -0.39 is 6.10 Å². The molecule has 3 nitrogen and oxygen atoms in total. The van der Waals surface area contributed by atoms with Gasteiger partial charge >= 0.3 is 0 Å². The van der Waals surface area contributed by atoms with E-state index in [1.807, 2.05) is 31.2 Å². The number of methoxy groups -OCH3 is 1. The highest BCUT2D eigenvalue weighted by atomic mass is 16.5. The first kappa shape index (κ1) is 14.0. The van der Waals surface area contributed by atoms with Crippen LogP contribution in [0.15, 0.2) is 24.3 Å². The monoisotopic (exact) mass is 237 g/mol. The maximum Gasteiger partial charge on any atom is 0.119 e. The molecule has 96 valence electrons. The molecule has 0 saturated heterocycles. The molecule has 3 heteroatoms. The molecule has 2 unspecified atom stereocenters. The van der Waals surface area contributed by atoms with Gasteiger partial charge in [0, 0.05) is 11.6 Å². The highest BCUT2D eigenvalue weighted by Gasteiger charge is 2.21. The largest absolute Gasteiger partial charge is 0.497 e. The highest BCUT2D eigenvalue weighted by molar-refractivity contribution is 5.30. The van der Waals surface area contributed by atoms with Gasteiger partial charge in [-0.05, 0) is 45.4 Å². The number of nitrogens with one attached hydrogen (secondary N) is 1. The standard InChI is InChI=1S/C14H23NO2/c1-10(15-14(2,3)4)13(16)11-7-6-8-12(9-11)17-5/h6-10,13,15-16H,1-5H3. The van der Waals surface area contributed by atoms with Crippen LogP contribution >= 0.6 is 0 Å². The Bertz CT molecular complexity index is 357. The fourth-order valence-corrected chi connectivity index (χ4v) is 1.88. The molecule has 0 radical (unpaired) electrons. The predicted octanol–water partition coefficient (Wildman–Crippen LogP) is 2.51. The zero-order valence-electron chi connectivity index (χ0n) is 11.3. The van der Waals surface area contributed by atoms with Crippen molar-refractivity contribution in [2.75, 3.05) is 7.11 Å². The minimum absolute atomic E-state index is 0.0119. The van der Waals surface area contributed by atoms with Crippen molar-refractivity contribution >= 4 is 0 Å². The minimum atomic E-state index is -0.538. The molecule has 17 heavy (non-hydrogen) atoms. The van der Waals surface area contributed by atoms with Crippen LogP contribution < -0.4 is 10.1 Å². The van der Waals surface area contributed by atoms with Crippen molar-refractivity contribution in [1.29, 1.82) is 0 Å². The van der Waals surface area contributed by atoms with E-state index in [0.717, 1.165) is 11.3 Å². The van der Waals surface area contributed by atoms with Crippen LogP contribution in [-0.2, 0) is 0 Å². The third-order valence-corrected chi connectivity index (χ3v) is 2.57. The smallest absolute Gasteiger partial charge is 0.119 e. The highest BCUT2D eigenvalue weighted by Crippen LogP contribution is 2.22. The molecule has 2 atom stereocenters. The molecule has 0 aliphatic rings. The van der Waals surface area contributed by atoms with E-state index in [4.69, 9.17) is 4.74 Å². The summed E-state index contributed by atoms with van der Waals surface area (Å²) in [6, 6.07) is 7.53. The summed E-state index contributed by atoms with van der Waals surface area (Å²) in [5.74, 6) is 0.768. The van der Waals surface area contributed by atoms with Crippen molar-refractivity contribution in [2.45, 2.75) is 45.4 Å². The molecule has 1 aromatic carbocycles. The van der Waals surface area contributed by atoms with Crippen molar-refractivity contribution in [3.05, 3.63) is 29.8 Å². The summed E-state index contributed by atoms with van der Waals surface area (Å²) < 4.78 is 5.15. The van der Waals surface area contributed by atoms with Crippen LogP contribution in [0, 0.1) is 0 Å². The SMILES string of the molecule is COc1cccc(C(O)C(C)NC(C)(C)C)c1. The number of aliphatic hydroxyl groups excluding tert-OH is 1. The van der Waals surface area contributed by atoms with Gasteiger partial charge in [0.1, 0.15) is 5.75 Å². The molecule has 0 saturated carbocycles. The first-order chi connectivity index (χ1) is 7.83. The second kappa shape index (κ2) is 5.52. The number of benzene rings is 1. The van der Waals surface area contributed by atoms with E-state index in [1.54, 1.807) is 7.11 Å². The molecule has 0 amide bonds. The molecule has 0 heterocycles. The Kier molecular flexibility index (Phi) is 4.54. The van der Waals surface area contributed by atoms with Crippen LogP contribution in [0.1, 0.15) is 39.4 Å². The summed E-state index contributed by atoms with van der Waals surface area (Å²) in [6.45, 7) is 8.24. The van der Waals surface area contributed by atoms with E-state index in [1.165, 1.54) is 0 Å². The van der Waals surface area contributed by atoms with E-state index >= 15 is 0 Å². The fraction of sp³-hybridized carbons (Fsp3) is 0.571. The van der Waals surface area contributed by atoms with Gasteiger partial charge in [-0.1, -0.05) is 12.1 Å². The topological polar surface area (TPSA) is 41.5 Å². The molecular weight excluding hydrogens is 214 g/mol. The lowest BCUT2D eigenvalue weighted by Crippen LogP contribution is -2.44. The van der Waals surface area contributed by atoms with E-state index in [0.29, 0.717) is 0 Å². The van der Waals surface area contributed by atoms with Crippen LogP contribution in [0.3, 0.4) is 0 Å². The molecule has 0 aromatic heterocycles. The van der Waals surface area contributed by atoms with Crippen LogP contribution in [-0.4, -0.2) is 23.8 Å². The summed E-state index contributed by atoms with van der Waals surface area (Å²) in [7, 11) is 1.63. The average Bonchev–Trinajstić information content (AvgIpc) is 2.26. The van der Waals surface area contributed by atoms with Gasteiger partial charge in [-0.15, -0.1) is 0 Å². The van der Waals surface area contributed by atoms with Gasteiger partial charge in [-0.25, -0.2) is 0 Å². The molecular formula is C14H23NO2. The first-order valence-electron chi connectivity index (χ1n) is 5.93. The fourth-order valence-electron chi connectivity index (χ4n) is 1.88. The molecule has 1 rings (SSSR count). The van der Waals surface area contributed by atoms with E-state index in [9.17, 15) is 5.11 Å². The van der Waals surface area contributed by atoms with E-state index in [2.05, 4.69) is 26.1 Å². The zero-order chi connectivity index (χ0) is 13.1. The van der Waals surface area contributed by atoms with Gasteiger partial charge in [0.05, 0.1) is 13.2 Å². The van der Waals surface area contributed by atoms with Gasteiger partial charge in [0.15, 0.2) is 0 Å². The van der Waals surface area contributed by atoms with Gasteiger partial charge in [0.2, 0.25) is 0 Å². The maximum absolute atomic E-state index is 10.3. The van der Waals surface area contributed by atoms with Crippen molar-refractivity contribution in [2.24, 2.45) is 0 Å². The Morgan fingerprint density at radius 1 is 1.29 bits per heavy atom. The lowest BCUT2D eigenvalue weighted by atomic mass is 10.00. The van der Waals surface area contributed by atoms with Gasteiger partial charge in [-0.3, -0.25) is 0 Å². The summed E-state index contributed by atoms with van der Waals surface area (Å²) in [6.07, 6.45) is -0.538. The molecule has 1 aromatic rings. The van der Waals surface area contributed by atoms with Crippen molar-refractivity contribution in [1.82, 2.24) is 5.32 Å². The number of hydrogen-bond donors (Lipinski definition) is 2. The first-order valence-corrected chi connectivity index (χ1v) is 5.93. The van der Waals surface area contributed by atoms with Crippen LogP contribution in [0.5, 0.6) is 5.75 Å². The summed E-state index contributed by atoms with van der Waals surface area (Å²) in [5.41, 5.74) is 0.854. The Hall–Kier alpha value is -1.06. The predicted molar refractivity (Wildman–Crippen MR) is 70.3 cm³/mol. The van der Waals surface area contributed by atoms with Crippen molar-refractivity contribution in [3.8, 4) is 5.75 Å². The molecule has 0 fully saturated rings. The molecule has 0 aliphatic heterocycles. The third kappa shape index (κ3) is 4.36. The summed E-state index contributed by atoms with van der Waals surface area (Å²) in [5, 5.41) is 13.6. The lowest BCUT2D eigenvalue weighted by molar-refractivity contribution is 0.121. The minimum Gasteiger partial charge on any atom is -0.497 e. The van der Waals surface area contributed by atoms with Gasteiger partial charge < -0.3 is 15.2 Å². The van der Waals surface area contributed by atoms with Crippen LogP contribution in [0.4, 0.5) is 0 Å². The lowest BCUT2D eigenvalue weighted by Gasteiger charge is -2.29. The molecule has 0 aliphatic carbocycles. The third-order valence-electron chi connectivity index (χ3n) is 2.57. The second-order valence-corrected chi connectivity index (χ2v) is 5.40. The molecule has 2 N–H and O–H groups in total. The zero-order valence-corrected chi connectivity index (χ0v) is 11.3. The molecule has 0 spiro atoms.